The summed E-state index contributed by atoms with van der Waals surface area (Å²) < 4.78 is 0. The van der Waals surface area contributed by atoms with Crippen molar-refractivity contribution in [2.45, 2.75) is 32.7 Å². The Balaban J connectivity index is 1.94. The van der Waals surface area contributed by atoms with Crippen LogP contribution in [0, 0.1) is 5.92 Å². The van der Waals surface area contributed by atoms with Gasteiger partial charge in [-0.2, -0.15) is 0 Å². The summed E-state index contributed by atoms with van der Waals surface area (Å²) in [7, 11) is 1.61. The number of piperidine rings is 1. The molecule has 2 aliphatic rings. The van der Waals surface area contributed by atoms with E-state index in [9.17, 15) is 14.4 Å². The number of anilines is 1. The van der Waals surface area contributed by atoms with Crippen molar-refractivity contribution < 1.29 is 14.4 Å². The van der Waals surface area contributed by atoms with Crippen LogP contribution in [0.1, 0.15) is 37.0 Å². The maximum Gasteiger partial charge on any atom is 0.256 e. The number of likely N-dealkylation sites (N-methyl/N-ethyl adjacent to an activating group) is 1. The smallest absolute Gasteiger partial charge is 0.256 e. The summed E-state index contributed by atoms with van der Waals surface area (Å²) in [5.41, 5.74) is 0.982. The van der Waals surface area contributed by atoms with Gasteiger partial charge in [-0.1, -0.05) is 19.1 Å². The average molecular weight is 343 g/mol. The maximum atomic E-state index is 13.0. The van der Waals surface area contributed by atoms with Gasteiger partial charge in [0.15, 0.2) is 0 Å². The van der Waals surface area contributed by atoms with Gasteiger partial charge in [-0.3, -0.25) is 19.3 Å². The van der Waals surface area contributed by atoms with Gasteiger partial charge >= 0.3 is 0 Å². The van der Waals surface area contributed by atoms with Crippen LogP contribution in [-0.4, -0.2) is 60.2 Å². The van der Waals surface area contributed by atoms with Crippen LogP contribution < -0.4 is 4.90 Å². The molecule has 1 fully saturated rings. The van der Waals surface area contributed by atoms with Gasteiger partial charge in [0, 0.05) is 20.1 Å². The highest BCUT2D eigenvalue weighted by Crippen LogP contribution is 2.28. The van der Waals surface area contributed by atoms with Crippen molar-refractivity contribution in [1.82, 2.24) is 9.80 Å². The molecule has 0 radical (unpaired) electrons. The summed E-state index contributed by atoms with van der Waals surface area (Å²) in [5, 5.41) is 0. The highest BCUT2D eigenvalue weighted by molar-refractivity contribution is 6.11. The molecule has 1 saturated heterocycles. The number of nitrogens with zero attached hydrogens (tertiary/aromatic N) is 3. The first-order valence-electron chi connectivity index (χ1n) is 8.85. The molecule has 0 bridgehead atoms. The summed E-state index contributed by atoms with van der Waals surface area (Å²) in [6, 6.07) is 6.39. The fourth-order valence-electron chi connectivity index (χ4n) is 3.74. The van der Waals surface area contributed by atoms with Crippen molar-refractivity contribution in [3.8, 4) is 0 Å². The SMILES string of the molecule is C[C@H]1CCCN(C(=O)[C@H](C)N2C(=O)CN(C)C(=O)c3ccccc32)C1. The van der Waals surface area contributed by atoms with E-state index < -0.39 is 6.04 Å². The van der Waals surface area contributed by atoms with Crippen LogP contribution in [0.2, 0.25) is 0 Å². The Kier molecular flexibility index (Phi) is 4.79. The zero-order valence-electron chi connectivity index (χ0n) is 15.1. The second-order valence-electron chi connectivity index (χ2n) is 7.15. The molecule has 2 atom stereocenters. The van der Waals surface area contributed by atoms with E-state index in [2.05, 4.69) is 6.92 Å². The van der Waals surface area contributed by atoms with Crippen LogP contribution in [0.25, 0.3) is 0 Å². The Hall–Kier alpha value is -2.37. The summed E-state index contributed by atoms with van der Waals surface area (Å²) in [6.07, 6.45) is 2.12. The predicted molar refractivity (Wildman–Crippen MR) is 95.3 cm³/mol. The standard InChI is InChI=1S/C19H25N3O3/c1-13-7-6-10-21(11-13)18(24)14(2)22-16-9-5-4-8-15(16)19(25)20(3)12-17(22)23/h4-5,8-9,13-14H,6-7,10-12H2,1-3H3/t13-,14-/m0/s1. The monoisotopic (exact) mass is 343 g/mol. The van der Waals surface area contributed by atoms with Crippen molar-refractivity contribution in [3.05, 3.63) is 29.8 Å². The summed E-state index contributed by atoms with van der Waals surface area (Å²) in [5.74, 6) is 0.000777. The molecule has 0 unspecified atom stereocenters. The lowest BCUT2D eigenvalue weighted by molar-refractivity contribution is -0.135. The lowest BCUT2D eigenvalue weighted by atomic mass is 9.99. The topological polar surface area (TPSA) is 60.9 Å². The first-order valence-corrected chi connectivity index (χ1v) is 8.85. The molecule has 25 heavy (non-hydrogen) atoms. The molecule has 1 aromatic carbocycles. The molecule has 0 saturated carbocycles. The van der Waals surface area contributed by atoms with Crippen LogP contribution in [0.15, 0.2) is 24.3 Å². The average Bonchev–Trinajstić information content (AvgIpc) is 2.69. The third kappa shape index (κ3) is 3.25. The Morgan fingerprint density at radius 1 is 1.24 bits per heavy atom. The number of para-hydroxylation sites is 1. The zero-order chi connectivity index (χ0) is 18.1. The van der Waals surface area contributed by atoms with Crippen LogP contribution in [0.5, 0.6) is 0 Å². The van der Waals surface area contributed by atoms with E-state index in [0.29, 0.717) is 17.2 Å². The van der Waals surface area contributed by atoms with E-state index in [1.165, 1.54) is 9.80 Å². The minimum Gasteiger partial charge on any atom is -0.341 e. The Labute approximate surface area is 148 Å². The van der Waals surface area contributed by atoms with E-state index in [-0.39, 0.29) is 24.3 Å². The Morgan fingerprint density at radius 3 is 2.68 bits per heavy atom. The molecular formula is C19H25N3O3. The summed E-state index contributed by atoms with van der Waals surface area (Å²) in [4.78, 5) is 43.1. The summed E-state index contributed by atoms with van der Waals surface area (Å²) >= 11 is 0. The molecular weight excluding hydrogens is 318 g/mol. The number of likely N-dealkylation sites (tertiary alicyclic amines) is 1. The number of fused-ring (bicyclic) bond motifs is 1. The van der Waals surface area contributed by atoms with Crippen molar-refractivity contribution >= 4 is 23.4 Å². The van der Waals surface area contributed by atoms with Crippen molar-refractivity contribution in [1.29, 1.82) is 0 Å². The third-order valence-corrected chi connectivity index (χ3v) is 5.10. The normalized spacial score (nSPS) is 22.5. The number of carbonyl (C=O) groups excluding carboxylic acids is 3. The molecule has 3 rings (SSSR count). The van der Waals surface area contributed by atoms with Gasteiger partial charge in [-0.15, -0.1) is 0 Å². The zero-order valence-corrected chi connectivity index (χ0v) is 15.1. The van der Waals surface area contributed by atoms with E-state index in [0.717, 1.165) is 25.9 Å². The van der Waals surface area contributed by atoms with Gasteiger partial charge in [0.2, 0.25) is 11.8 Å². The number of rotatable bonds is 2. The third-order valence-electron chi connectivity index (χ3n) is 5.10. The van der Waals surface area contributed by atoms with Crippen LogP contribution in [0.3, 0.4) is 0 Å². The number of hydrogen-bond donors (Lipinski definition) is 0. The number of carbonyl (C=O) groups is 3. The Morgan fingerprint density at radius 2 is 1.96 bits per heavy atom. The van der Waals surface area contributed by atoms with Crippen molar-refractivity contribution in [2.24, 2.45) is 5.92 Å². The Bertz CT molecular complexity index is 703. The molecule has 0 aliphatic carbocycles. The van der Waals surface area contributed by atoms with E-state index >= 15 is 0 Å². The molecule has 6 heteroatoms. The van der Waals surface area contributed by atoms with Gasteiger partial charge in [0.25, 0.3) is 5.91 Å². The molecule has 1 aromatic rings. The number of amides is 3. The predicted octanol–water partition coefficient (Wildman–Crippen LogP) is 1.75. The van der Waals surface area contributed by atoms with E-state index in [1.807, 2.05) is 4.90 Å². The van der Waals surface area contributed by atoms with Crippen LogP contribution in [-0.2, 0) is 9.59 Å². The van der Waals surface area contributed by atoms with Crippen LogP contribution in [0.4, 0.5) is 5.69 Å². The molecule has 6 nitrogen and oxygen atoms in total. The fourth-order valence-corrected chi connectivity index (χ4v) is 3.74. The van der Waals surface area contributed by atoms with Crippen LogP contribution >= 0.6 is 0 Å². The quantitative estimate of drug-likeness (QED) is 0.822. The van der Waals surface area contributed by atoms with Gasteiger partial charge < -0.3 is 9.80 Å². The molecule has 3 amide bonds. The molecule has 0 N–H and O–H groups in total. The molecule has 134 valence electrons. The lowest BCUT2D eigenvalue weighted by Crippen LogP contribution is -2.53. The van der Waals surface area contributed by atoms with E-state index in [4.69, 9.17) is 0 Å². The van der Waals surface area contributed by atoms with Crippen molar-refractivity contribution in [3.63, 3.8) is 0 Å². The lowest BCUT2D eigenvalue weighted by Gasteiger charge is -2.36. The largest absolute Gasteiger partial charge is 0.341 e. The van der Waals surface area contributed by atoms with Gasteiger partial charge in [0.05, 0.1) is 11.3 Å². The van der Waals surface area contributed by atoms with E-state index in [1.54, 1.807) is 38.2 Å². The molecule has 2 heterocycles. The second-order valence-corrected chi connectivity index (χ2v) is 7.15. The van der Waals surface area contributed by atoms with Crippen molar-refractivity contribution in [2.75, 3.05) is 31.6 Å². The maximum absolute atomic E-state index is 13.0. The minimum absolute atomic E-state index is 0.0263. The first-order chi connectivity index (χ1) is 11.9. The van der Waals surface area contributed by atoms with Gasteiger partial charge in [-0.05, 0) is 37.8 Å². The fraction of sp³-hybridized carbons (Fsp3) is 0.526. The molecule has 2 aliphatic heterocycles. The molecule has 0 aromatic heterocycles. The number of hydrogen-bond acceptors (Lipinski definition) is 3. The van der Waals surface area contributed by atoms with Gasteiger partial charge in [-0.25, -0.2) is 0 Å². The highest BCUT2D eigenvalue weighted by atomic mass is 16.2. The van der Waals surface area contributed by atoms with Gasteiger partial charge in [0.1, 0.15) is 12.6 Å². The first kappa shape index (κ1) is 17.5. The number of benzene rings is 1. The molecule has 0 spiro atoms. The highest BCUT2D eigenvalue weighted by Gasteiger charge is 2.37. The minimum atomic E-state index is -0.627. The second kappa shape index (κ2) is 6.86. The summed E-state index contributed by atoms with van der Waals surface area (Å²) in [6.45, 7) is 5.33.